The summed E-state index contributed by atoms with van der Waals surface area (Å²) in [5.41, 5.74) is 6.45. The number of carbonyl (C=O) groups excluding carboxylic acids is 1. The van der Waals surface area contributed by atoms with Crippen molar-refractivity contribution in [2.75, 3.05) is 31.3 Å². The van der Waals surface area contributed by atoms with Gasteiger partial charge in [-0.25, -0.2) is 4.98 Å². The lowest BCUT2D eigenvalue weighted by atomic mass is 10.1. The molecule has 0 saturated heterocycles. The normalized spacial score (nSPS) is 10.3. The minimum absolute atomic E-state index is 0.160. The Morgan fingerprint density at radius 1 is 1.44 bits per heavy atom. The van der Waals surface area contributed by atoms with Crippen molar-refractivity contribution in [1.82, 2.24) is 4.98 Å². The van der Waals surface area contributed by atoms with Gasteiger partial charge in [0.1, 0.15) is 12.4 Å². The van der Waals surface area contributed by atoms with Gasteiger partial charge in [0, 0.05) is 24.3 Å². The van der Waals surface area contributed by atoms with Crippen LogP contribution in [0.4, 0.5) is 11.5 Å². The van der Waals surface area contributed by atoms with Crippen molar-refractivity contribution < 1.29 is 9.53 Å². The van der Waals surface area contributed by atoms with Crippen molar-refractivity contribution in [1.29, 1.82) is 0 Å². The van der Waals surface area contributed by atoms with E-state index in [1.165, 1.54) is 7.11 Å². The van der Waals surface area contributed by atoms with Crippen molar-refractivity contribution in [2.45, 2.75) is 0 Å². The summed E-state index contributed by atoms with van der Waals surface area (Å²) in [7, 11) is 3.17. The highest BCUT2D eigenvalue weighted by Crippen LogP contribution is 2.25. The van der Waals surface area contributed by atoms with E-state index in [0.29, 0.717) is 5.69 Å². The van der Waals surface area contributed by atoms with Crippen molar-refractivity contribution >= 4 is 28.2 Å². The minimum atomic E-state index is -0.299. The van der Waals surface area contributed by atoms with Gasteiger partial charge < -0.3 is 15.4 Å². The van der Waals surface area contributed by atoms with Gasteiger partial charge in [0.15, 0.2) is 0 Å². The van der Waals surface area contributed by atoms with Crippen LogP contribution in [-0.4, -0.2) is 31.7 Å². The summed E-state index contributed by atoms with van der Waals surface area (Å²) >= 11 is 0. The van der Waals surface area contributed by atoms with E-state index in [1.807, 2.05) is 24.3 Å². The second kappa shape index (κ2) is 4.91. The number of nitrogen functional groups attached to an aromatic ring is 1. The molecule has 0 radical (unpaired) electrons. The zero-order valence-electron chi connectivity index (χ0n) is 10.4. The smallest absolute Gasteiger partial charge is 0.325 e. The topological polar surface area (TPSA) is 68.5 Å². The van der Waals surface area contributed by atoms with Gasteiger partial charge in [-0.2, -0.15) is 0 Å². The fraction of sp³-hybridized carbons (Fsp3) is 0.231. The number of anilines is 2. The molecule has 0 saturated carbocycles. The Labute approximate surface area is 105 Å². The third kappa shape index (κ3) is 2.34. The first-order chi connectivity index (χ1) is 8.61. The molecular formula is C13H15N3O2. The number of esters is 1. The quantitative estimate of drug-likeness (QED) is 0.654. The summed E-state index contributed by atoms with van der Waals surface area (Å²) in [4.78, 5) is 17.3. The van der Waals surface area contributed by atoms with E-state index in [2.05, 4.69) is 9.72 Å². The van der Waals surface area contributed by atoms with Crippen LogP contribution in [0.3, 0.4) is 0 Å². The van der Waals surface area contributed by atoms with Crippen LogP contribution in [-0.2, 0) is 9.53 Å². The first-order valence-corrected chi connectivity index (χ1v) is 5.54. The number of hydrogen-bond donors (Lipinski definition) is 1. The monoisotopic (exact) mass is 245 g/mol. The first-order valence-electron chi connectivity index (χ1n) is 5.54. The predicted octanol–water partition coefficient (Wildman–Crippen LogP) is 1.43. The molecule has 1 aromatic heterocycles. The number of nitrogens with zero attached hydrogens (tertiary/aromatic N) is 2. The average molecular weight is 245 g/mol. The maximum absolute atomic E-state index is 11.3. The van der Waals surface area contributed by atoms with Crippen LogP contribution < -0.4 is 10.6 Å². The summed E-state index contributed by atoms with van der Waals surface area (Å²) in [6.07, 6.45) is 1.70. The van der Waals surface area contributed by atoms with E-state index < -0.39 is 0 Å². The lowest BCUT2D eigenvalue weighted by Gasteiger charge is -2.18. The Morgan fingerprint density at radius 2 is 2.22 bits per heavy atom. The van der Waals surface area contributed by atoms with Gasteiger partial charge in [-0.1, -0.05) is 0 Å². The fourth-order valence-corrected chi connectivity index (χ4v) is 1.82. The zero-order valence-corrected chi connectivity index (χ0v) is 10.4. The number of likely N-dealkylation sites (N-methyl/N-ethyl adjacent to an activating group) is 1. The van der Waals surface area contributed by atoms with Crippen LogP contribution in [0.2, 0.25) is 0 Å². The molecule has 0 atom stereocenters. The number of benzene rings is 1. The lowest BCUT2D eigenvalue weighted by molar-refractivity contribution is -0.138. The Bertz CT molecular complexity index is 583. The molecule has 0 unspecified atom stereocenters. The number of carbonyl (C=O) groups is 1. The summed E-state index contributed by atoms with van der Waals surface area (Å²) in [5.74, 6) is 0.435. The summed E-state index contributed by atoms with van der Waals surface area (Å²) < 4.78 is 4.65. The number of hydrogen-bond acceptors (Lipinski definition) is 5. The summed E-state index contributed by atoms with van der Waals surface area (Å²) in [5, 5.41) is 1.95. The molecule has 0 aliphatic heterocycles. The molecular weight excluding hydrogens is 230 g/mol. The van der Waals surface area contributed by atoms with Crippen molar-refractivity contribution in [3.63, 3.8) is 0 Å². The standard InChI is InChI=1S/C13H15N3O2/c1-16(8-12(17)18-2)13-11-4-3-10(14)7-9(11)5-6-15-13/h3-7H,8,14H2,1-2H3. The molecule has 94 valence electrons. The van der Waals surface area contributed by atoms with Crippen molar-refractivity contribution in [3.8, 4) is 0 Å². The molecule has 18 heavy (non-hydrogen) atoms. The van der Waals surface area contributed by atoms with Crippen molar-refractivity contribution in [2.24, 2.45) is 0 Å². The van der Waals surface area contributed by atoms with E-state index in [0.717, 1.165) is 16.6 Å². The summed E-state index contributed by atoms with van der Waals surface area (Å²) in [6.45, 7) is 0.160. The maximum atomic E-state index is 11.3. The number of methoxy groups -OCH3 is 1. The van der Waals surface area contributed by atoms with Crippen LogP contribution in [0.15, 0.2) is 30.5 Å². The molecule has 2 N–H and O–H groups in total. The van der Waals surface area contributed by atoms with E-state index in [1.54, 1.807) is 18.1 Å². The van der Waals surface area contributed by atoms with E-state index >= 15 is 0 Å². The highest BCUT2D eigenvalue weighted by atomic mass is 16.5. The SMILES string of the molecule is COC(=O)CN(C)c1nccc2cc(N)ccc12. The number of aromatic nitrogens is 1. The third-order valence-corrected chi connectivity index (χ3v) is 2.72. The van der Waals surface area contributed by atoms with Gasteiger partial charge in [-0.05, 0) is 29.7 Å². The van der Waals surface area contributed by atoms with Gasteiger partial charge >= 0.3 is 5.97 Å². The Morgan fingerprint density at radius 3 is 2.94 bits per heavy atom. The number of fused-ring (bicyclic) bond motifs is 1. The number of ether oxygens (including phenoxy) is 1. The van der Waals surface area contributed by atoms with E-state index in [-0.39, 0.29) is 12.5 Å². The Kier molecular flexibility index (Phi) is 3.32. The van der Waals surface area contributed by atoms with Crippen LogP contribution >= 0.6 is 0 Å². The van der Waals surface area contributed by atoms with E-state index in [9.17, 15) is 4.79 Å². The van der Waals surface area contributed by atoms with Gasteiger partial charge in [0.2, 0.25) is 0 Å². The highest BCUT2D eigenvalue weighted by Gasteiger charge is 2.11. The van der Waals surface area contributed by atoms with Crippen LogP contribution in [0.25, 0.3) is 10.8 Å². The second-order valence-corrected chi connectivity index (χ2v) is 4.05. The second-order valence-electron chi connectivity index (χ2n) is 4.05. The molecule has 5 heteroatoms. The van der Waals surface area contributed by atoms with Crippen molar-refractivity contribution in [3.05, 3.63) is 30.5 Å². The van der Waals surface area contributed by atoms with Gasteiger partial charge in [0.05, 0.1) is 7.11 Å². The van der Waals surface area contributed by atoms with Crippen LogP contribution in [0.1, 0.15) is 0 Å². The largest absolute Gasteiger partial charge is 0.468 e. The first kappa shape index (κ1) is 12.2. The zero-order chi connectivity index (χ0) is 13.1. The molecule has 0 aliphatic rings. The molecule has 0 bridgehead atoms. The molecule has 5 nitrogen and oxygen atoms in total. The third-order valence-electron chi connectivity index (χ3n) is 2.72. The van der Waals surface area contributed by atoms with E-state index in [4.69, 9.17) is 5.73 Å². The predicted molar refractivity (Wildman–Crippen MR) is 71.4 cm³/mol. The maximum Gasteiger partial charge on any atom is 0.325 e. The average Bonchev–Trinajstić information content (AvgIpc) is 2.37. The highest BCUT2D eigenvalue weighted by molar-refractivity contribution is 5.94. The lowest BCUT2D eigenvalue weighted by Crippen LogP contribution is -2.27. The van der Waals surface area contributed by atoms with Gasteiger partial charge in [-0.3, -0.25) is 4.79 Å². The van der Waals surface area contributed by atoms with Crippen LogP contribution in [0.5, 0.6) is 0 Å². The Balaban J connectivity index is 2.41. The molecule has 0 fully saturated rings. The van der Waals surface area contributed by atoms with Gasteiger partial charge in [0.25, 0.3) is 0 Å². The molecule has 2 rings (SSSR count). The number of pyridine rings is 1. The molecule has 0 spiro atoms. The number of rotatable bonds is 3. The molecule has 1 aromatic carbocycles. The fourth-order valence-electron chi connectivity index (χ4n) is 1.82. The van der Waals surface area contributed by atoms with Gasteiger partial charge in [-0.15, -0.1) is 0 Å². The molecule has 0 aliphatic carbocycles. The minimum Gasteiger partial charge on any atom is -0.468 e. The van der Waals surface area contributed by atoms with Crippen LogP contribution in [0, 0.1) is 0 Å². The molecule has 2 aromatic rings. The molecule has 0 amide bonds. The summed E-state index contributed by atoms with van der Waals surface area (Å²) in [6, 6.07) is 7.49. The Hall–Kier alpha value is -2.30. The molecule has 1 heterocycles. The number of nitrogens with two attached hydrogens (primary N) is 1.